The van der Waals surface area contributed by atoms with Crippen LogP contribution in [0.3, 0.4) is 0 Å². The summed E-state index contributed by atoms with van der Waals surface area (Å²) in [5.41, 5.74) is 1.13. The number of sulfonamides is 1. The van der Waals surface area contributed by atoms with Crippen LogP contribution >= 0.6 is 0 Å². The molecule has 1 aliphatic heterocycles. The molecule has 2 N–H and O–H groups in total. The lowest BCUT2D eigenvalue weighted by Crippen LogP contribution is -2.17. The van der Waals surface area contributed by atoms with Gasteiger partial charge < -0.3 is 4.74 Å². The molecule has 0 aromatic carbocycles. The zero-order chi connectivity index (χ0) is 9.03. The molecule has 0 aliphatic carbocycles. The van der Waals surface area contributed by atoms with Crippen LogP contribution in [0.5, 0.6) is 0 Å². The number of ether oxygens (including phenoxy) is 1. The minimum atomic E-state index is -3.31. The lowest BCUT2D eigenvalue weighted by atomic mass is 10.1. The maximum Gasteiger partial charge on any atom is 0.209 e. The summed E-state index contributed by atoms with van der Waals surface area (Å²) in [6.45, 7) is 1.29. The molecule has 0 bridgehead atoms. The second-order valence-electron chi connectivity index (χ2n) is 2.80. The van der Waals surface area contributed by atoms with Crippen LogP contribution in [0.15, 0.2) is 11.6 Å². The van der Waals surface area contributed by atoms with E-state index in [9.17, 15) is 8.42 Å². The largest absolute Gasteiger partial charge is 0.377 e. The lowest BCUT2D eigenvalue weighted by molar-refractivity contribution is 0.153. The summed E-state index contributed by atoms with van der Waals surface area (Å²) < 4.78 is 26.3. The van der Waals surface area contributed by atoms with E-state index in [2.05, 4.69) is 0 Å². The fraction of sp³-hybridized carbons (Fsp3) is 0.714. The molecule has 0 aromatic rings. The monoisotopic (exact) mass is 191 g/mol. The Hall–Kier alpha value is -0.390. The van der Waals surface area contributed by atoms with Gasteiger partial charge in [0.25, 0.3) is 0 Å². The normalized spacial score (nSPS) is 18.9. The second kappa shape index (κ2) is 4.02. The molecule has 0 saturated heterocycles. The third kappa shape index (κ3) is 3.85. The van der Waals surface area contributed by atoms with Crippen LogP contribution < -0.4 is 5.14 Å². The van der Waals surface area contributed by atoms with E-state index in [0.717, 1.165) is 12.0 Å². The van der Waals surface area contributed by atoms with Crippen molar-refractivity contribution in [1.29, 1.82) is 0 Å². The van der Waals surface area contributed by atoms with E-state index in [-0.39, 0.29) is 5.75 Å². The molecule has 5 heteroatoms. The van der Waals surface area contributed by atoms with Crippen LogP contribution in [0.1, 0.15) is 12.8 Å². The van der Waals surface area contributed by atoms with E-state index >= 15 is 0 Å². The molecule has 12 heavy (non-hydrogen) atoms. The lowest BCUT2D eigenvalue weighted by Gasteiger charge is -2.12. The quantitative estimate of drug-likeness (QED) is 0.639. The Bertz CT molecular complexity index is 268. The van der Waals surface area contributed by atoms with Gasteiger partial charge in [-0.15, -0.1) is 0 Å². The summed E-state index contributed by atoms with van der Waals surface area (Å²) in [5, 5.41) is 4.87. The van der Waals surface area contributed by atoms with Crippen molar-refractivity contribution in [2.75, 3.05) is 19.0 Å². The van der Waals surface area contributed by atoms with Crippen molar-refractivity contribution in [2.24, 2.45) is 5.14 Å². The van der Waals surface area contributed by atoms with Crippen LogP contribution in [0.25, 0.3) is 0 Å². The first-order valence-electron chi connectivity index (χ1n) is 3.84. The van der Waals surface area contributed by atoms with Crippen molar-refractivity contribution in [1.82, 2.24) is 0 Å². The fourth-order valence-electron chi connectivity index (χ4n) is 1.07. The average Bonchev–Trinajstić information content (AvgIpc) is 2.02. The predicted octanol–water partition coefficient (Wildman–Crippen LogP) is 0.0117. The Morgan fingerprint density at radius 3 is 2.83 bits per heavy atom. The molecule has 1 aliphatic rings. The van der Waals surface area contributed by atoms with Gasteiger partial charge in [0.1, 0.15) is 0 Å². The highest BCUT2D eigenvalue weighted by atomic mass is 32.2. The molecule has 0 radical (unpaired) electrons. The summed E-state index contributed by atoms with van der Waals surface area (Å²) in [5.74, 6) is 0.0405. The summed E-state index contributed by atoms with van der Waals surface area (Å²) in [6, 6.07) is 0. The third-order valence-corrected chi connectivity index (χ3v) is 2.54. The number of nitrogens with two attached hydrogens (primary N) is 1. The van der Waals surface area contributed by atoms with E-state index in [4.69, 9.17) is 9.88 Å². The van der Waals surface area contributed by atoms with Crippen molar-refractivity contribution in [2.45, 2.75) is 12.8 Å². The zero-order valence-electron chi connectivity index (χ0n) is 6.82. The topological polar surface area (TPSA) is 69.4 Å². The number of hydrogen-bond acceptors (Lipinski definition) is 3. The van der Waals surface area contributed by atoms with Crippen molar-refractivity contribution in [3.63, 3.8) is 0 Å². The van der Waals surface area contributed by atoms with Crippen LogP contribution in [0.2, 0.25) is 0 Å². The molecule has 0 spiro atoms. The van der Waals surface area contributed by atoms with E-state index in [1.807, 2.05) is 6.08 Å². The van der Waals surface area contributed by atoms with Gasteiger partial charge in [0, 0.05) is 0 Å². The van der Waals surface area contributed by atoms with Crippen LogP contribution in [0, 0.1) is 0 Å². The number of hydrogen-bond donors (Lipinski definition) is 1. The highest BCUT2D eigenvalue weighted by Crippen LogP contribution is 2.11. The molecule has 0 amide bonds. The molecular formula is C7H13NO3S. The minimum absolute atomic E-state index is 0.0405. The maximum absolute atomic E-state index is 10.6. The highest BCUT2D eigenvalue weighted by molar-refractivity contribution is 7.89. The smallest absolute Gasteiger partial charge is 0.209 e. The molecule has 4 nitrogen and oxygen atoms in total. The van der Waals surface area contributed by atoms with E-state index in [0.29, 0.717) is 19.6 Å². The highest BCUT2D eigenvalue weighted by Gasteiger charge is 2.07. The molecule has 1 rings (SSSR count). The first-order valence-corrected chi connectivity index (χ1v) is 5.55. The Morgan fingerprint density at radius 2 is 2.33 bits per heavy atom. The summed E-state index contributed by atoms with van der Waals surface area (Å²) in [6.07, 6.45) is 3.30. The molecule has 0 saturated carbocycles. The maximum atomic E-state index is 10.6. The third-order valence-electron chi connectivity index (χ3n) is 1.77. The average molecular weight is 191 g/mol. The summed E-state index contributed by atoms with van der Waals surface area (Å²) >= 11 is 0. The first-order chi connectivity index (χ1) is 5.58. The Morgan fingerprint density at radius 1 is 1.58 bits per heavy atom. The van der Waals surface area contributed by atoms with E-state index in [1.54, 1.807) is 0 Å². The molecule has 1 heterocycles. The van der Waals surface area contributed by atoms with E-state index < -0.39 is 10.0 Å². The van der Waals surface area contributed by atoms with Gasteiger partial charge in [-0.25, -0.2) is 13.6 Å². The molecular weight excluding hydrogens is 178 g/mol. The Labute approximate surface area is 72.4 Å². The van der Waals surface area contributed by atoms with Gasteiger partial charge in [0.05, 0.1) is 19.0 Å². The van der Waals surface area contributed by atoms with Gasteiger partial charge in [0.15, 0.2) is 0 Å². The first kappa shape index (κ1) is 9.70. The molecule has 0 unspecified atom stereocenters. The minimum Gasteiger partial charge on any atom is -0.377 e. The summed E-state index contributed by atoms with van der Waals surface area (Å²) in [4.78, 5) is 0. The van der Waals surface area contributed by atoms with Gasteiger partial charge >= 0.3 is 0 Å². The molecule has 0 aromatic heterocycles. The number of primary sulfonamides is 1. The van der Waals surface area contributed by atoms with Gasteiger partial charge in [-0.2, -0.15) is 0 Å². The van der Waals surface area contributed by atoms with Crippen LogP contribution in [0.4, 0.5) is 0 Å². The molecule has 0 atom stereocenters. The molecule has 0 fully saturated rings. The van der Waals surface area contributed by atoms with Crippen molar-refractivity contribution in [3.05, 3.63) is 11.6 Å². The van der Waals surface area contributed by atoms with E-state index in [1.165, 1.54) is 0 Å². The van der Waals surface area contributed by atoms with Gasteiger partial charge in [-0.1, -0.05) is 11.6 Å². The predicted molar refractivity (Wildman–Crippen MR) is 46.1 cm³/mol. The zero-order valence-corrected chi connectivity index (χ0v) is 7.64. The van der Waals surface area contributed by atoms with Gasteiger partial charge in [-0.3, -0.25) is 0 Å². The van der Waals surface area contributed by atoms with Gasteiger partial charge in [0.2, 0.25) is 10.0 Å². The molecule has 70 valence electrons. The Kier molecular flexibility index (Phi) is 3.25. The van der Waals surface area contributed by atoms with Crippen molar-refractivity contribution in [3.8, 4) is 0 Å². The van der Waals surface area contributed by atoms with Crippen LogP contribution in [-0.4, -0.2) is 27.4 Å². The Balaban J connectivity index is 2.36. The van der Waals surface area contributed by atoms with Crippen molar-refractivity contribution < 1.29 is 13.2 Å². The van der Waals surface area contributed by atoms with Crippen molar-refractivity contribution >= 4 is 10.0 Å². The number of rotatable bonds is 3. The second-order valence-corrected chi connectivity index (χ2v) is 4.54. The van der Waals surface area contributed by atoms with Gasteiger partial charge in [-0.05, 0) is 12.8 Å². The SMILES string of the molecule is NS(=O)(=O)CCC1=CCOCC1. The standard InChI is InChI=1S/C7H13NO3S/c8-12(9,10)6-3-7-1-4-11-5-2-7/h1H,2-6H2,(H2,8,9,10). The fourth-order valence-corrected chi connectivity index (χ4v) is 1.61. The van der Waals surface area contributed by atoms with Crippen LogP contribution in [-0.2, 0) is 14.8 Å². The summed E-state index contributed by atoms with van der Waals surface area (Å²) in [7, 11) is -3.31.